The summed E-state index contributed by atoms with van der Waals surface area (Å²) in [5.41, 5.74) is 3.30. The molecule has 1 unspecified atom stereocenters. The number of carboxylic acid groups (broad SMARTS) is 1. The summed E-state index contributed by atoms with van der Waals surface area (Å²) in [7, 11) is 0. The molecule has 23 heavy (non-hydrogen) atoms. The van der Waals surface area contributed by atoms with Gasteiger partial charge < -0.3 is 15.7 Å². The maximum atomic E-state index is 12.6. The van der Waals surface area contributed by atoms with Crippen LogP contribution in [0.5, 0.6) is 0 Å². The van der Waals surface area contributed by atoms with Gasteiger partial charge >= 0.3 is 6.09 Å². The van der Waals surface area contributed by atoms with Gasteiger partial charge in [0.2, 0.25) is 0 Å². The zero-order valence-electron chi connectivity index (χ0n) is 13.2. The van der Waals surface area contributed by atoms with E-state index in [2.05, 4.69) is 10.6 Å². The van der Waals surface area contributed by atoms with Crippen molar-refractivity contribution in [1.29, 1.82) is 0 Å². The fraction of sp³-hybridized carbons (Fsp3) is 0.222. The van der Waals surface area contributed by atoms with Gasteiger partial charge in [-0.15, -0.1) is 0 Å². The molecule has 0 fully saturated rings. The average Bonchev–Trinajstić information content (AvgIpc) is 2.55. The number of aryl methyl sites for hydroxylation is 2. The fourth-order valence-corrected chi connectivity index (χ4v) is 2.47. The van der Waals surface area contributed by atoms with Gasteiger partial charge in [-0.3, -0.25) is 4.79 Å². The highest BCUT2D eigenvalue weighted by molar-refractivity contribution is 5.98. The molecule has 0 saturated heterocycles. The lowest BCUT2D eigenvalue weighted by Crippen LogP contribution is -2.36. The summed E-state index contributed by atoms with van der Waals surface area (Å²) in [4.78, 5) is 23.7. The Hall–Kier alpha value is -2.82. The summed E-state index contributed by atoms with van der Waals surface area (Å²) >= 11 is 0. The lowest BCUT2D eigenvalue weighted by atomic mass is 10.0. The second-order valence-electron chi connectivity index (χ2n) is 5.25. The Bertz CT molecular complexity index is 699. The largest absolute Gasteiger partial charge is 0.465 e. The van der Waals surface area contributed by atoms with E-state index in [-0.39, 0.29) is 0 Å². The SMILES string of the molecule is CCc1cccc(C)c1NC(=O)C(NC(=O)O)c1ccccc1. The third kappa shape index (κ3) is 4.10. The van der Waals surface area contributed by atoms with Gasteiger partial charge in [-0.2, -0.15) is 0 Å². The maximum absolute atomic E-state index is 12.6. The summed E-state index contributed by atoms with van der Waals surface area (Å²) in [5.74, 6) is -0.400. The number of anilines is 1. The molecule has 0 aromatic heterocycles. The molecular weight excluding hydrogens is 292 g/mol. The Balaban J connectivity index is 2.30. The van der Waals surface area contributed by atoms with Crippen molar-refractivity contribution in [1.82, 2.24) is 5.32 Å². The van der Waals surface area contributed by atoms with Gasteiger partial charge in [0.15, 0.2) is 0 Å². The Kier molecular flexibility index (Phi) is 5.36. The molecule has 0 aliphatic rings. The van der Waals surface area contributed by atoms with E-state index in [1.807, 2.05) is 38.1 Å². The van der Waals surface area contributed by atoms with E-state index in [1.165, 1.54) is 0 Å². The molecule has 5 nitrogen and oxygen atoms in total. The van der Waals surface area contributed by atoms with Gasteiger partial charge in [-0.25, -0.2) is 4.79 Å². The number of rotatable bonds is 5. The van der Waals surface area contributed by atoms with Crippen LogP contribution in [0.2, 0.25) is 0 Å². The van der Waals surface area contributed by atoms with Crippen molar-refractivity contribution in [2.75, 3.05) is 5.32 Å². The van der Waals surface area contributed by atoms with Crippen LogP contribution in [0.4, 0.5) is 10.5 Å². The minimum atomic E-state index is -1.24. The summed E-state index contributed by atoms with van der Waals surface area (Å²) in [6.45, 7) is 3.92. The fourth-order valence-electron chi connectivity index (χ4n) is 2.47. The van der Waals surface area contributed by atoms with Crippen molar-refractivity contribution in [3.63, 3.8) is 0 Å². The first-order chi connectivity index (χ1) is 11.0. The van der Waals surface area contributed by atoms with Crippen LogP contribution in [0.25, 0.3) is 0 Å². The molecule has 1 atom stereocenters. The summed E-state index contributed by atoms with van der Waals surface area (Å²) in [6.07, 6.45) is -0.464. The maximum Gasteiger partial charge on any atom is 0.405 e. The number of carbonyl (C=O) groups is 2. The van der Waals surface area contributed by atoms with Crippen molar-refractivity contribution >= 4 is 17.7 Å². The monoisotopic (exact) mass is 312 g/mol. The first-order valence-electron chi connectivity index (χ1n) is 7.46. The molecule has 0 spiro atoms. The Morgan fingerprint density at radius 3 is 2.39 bits per heavy atom. The Morgan fingerprint density at radius 2 is 1.78 bits per heavy atom. The number of hydrogen-bond donors (Lipinski definition) is 3. The highest BCUT2D eigenvalue weighted by Crippen LogP contribution is 2.23. The molecule has 0 aliphatic heterocycles. The molecule has 0 aliphatic carbocycles. The quantitative estimate of drug-likeness (QED) is 0.790. The van der Waals surface area contributed by atoms with E-state index in [4.69, 9.17) is 5.11 Å². The van der Waals surface area contributed by atoms with Gasteiger partial charge in [0.25, 0.3) is 5.91 Å². The molecule has 2 aromatic carbocycles. The minimum Gasteiger partial charge on any atom is -0.465 e. The van der Waals surface area contributed by atoms with Crippen LogP contribution >= 0.6 is 0 Å². The topological polar surface area (TPSA) is 78.4 Å². The van der Waals surface area contributed by atoms with Crippen LogP contribution in [0.15, 0.2) is 48.5 Å². The van der Waals surface area contributed by atoms with Crippen molar-refractivity contribution in [3.8, 4) is 0 Å². The smallest absolute Gasteiger partial charge is 0.405 e. The zero-order chi connectivity index (χ0) is 16.8. The first kappa shape index (κ1) is 16.5. The summed E-state index contributed by atoms with van der Waals surface area (Å²) in [5, 5.41) is 14.2. The van der Waals surface area contributed by atoms with Crippen LogP contribution in [-0.2, 0) is 11.2 Å². The lowest BCUT2D eigenvalue weighted by Gasteiger charge is -2.19. The number of hydrogen-bond acceptors (Lipinski definition) is 2. The van der Waals surface area contributed by atoms with E-state index in [0.29, 0.717) is 5.56 Å². The molecule has 0 heterocycles. The molecule has 5 heteroatoms. The molecule has 3 N–H and O–H groups in total. The number of benzene rings is 2. The van der Waals surface area contributed by atoms with Crippen LogP contribution in [0.1, 0.15) is 29.7 Å². The van der Waals surface area contributed by atoms with Crippen LogP contribution < -0.4 is 10.6 Å². The first-order valence-corrected chi connectivity index (χ1v) is 7.46. The van der Waals surface area contributed by atoms with E-state index < -0.39 is 18.0 Å². The molecule has 2 rings (SSSR count). The number of para-hydroxylation sites is 1. The molecule has 2 aromatic rings. The number of nitrogens with one attached hydrogen (secondary N) is 2. The Labute approximate surface area is 135 Å². The lowest BCUT2D eigenvalue weighted by molar-refractivity contribution is -0.118. The summed E-state index contributed by atoms with van der Waals surface area (Å²) < 4.78 is 0. The van der Waals surface area contributed by atoms with Crippen molar-refractivity contribution in [2.24, 2.45) is 0 Å². The average molecular weight is 312 g/mol. The predicted octanol–water partition coefficient (Wildman–Crippen LogP) is 3.50. The molecule has 0 bridgehead atoms. The van der Waals surface area contributed by atoms with Gasteiger partial charge in [0.1, 0.15) is 6.04 Å². The molecule has 2 amide bonds. The highest BCUT2D eigenvalue weighted by Gasteiger charge is 2.23. The zero-order valence-corrected chi connectivity index (χ0v) is 13.2. The number of amides is 2. The summed E-state index contributed by atoms with van der Waals surface area (Å²) in [6, 6.07) is 13.6. The molecule has 0 radical (unpaired) electrons. The molecular formula is C18H20N2O3. The second kappa shape index (κ2) is 7.45. The van der Waals surface area contributed by atoms with E-state index >= 15 is 0 Å². The van der Waals surface area contributed by atoms with Crippen molar-refractivity contribution in [2.45, 2.75) is 26.3 Å². The second-order valence-corrected chi connectivity index (χ2v) is 5.25. The van der Waals surface area contributed by atoms with E-state index in [1.54, 1.807) is 24.3 Å². The van der Waals surface area contributed by atoms with Gasteiger partial charge in [0.05, 0.1) is 0 Å². The normalized spacial score (nSPS) is 11.6. The number of carbonyl (C=O) groups excluding carboxylic acids is 1. The standard InChI is InChI=1S/C18H20N2O3/c1-3-13-11-7-8-12(2)15(13)19-17(21)16(20-18(22)23)14-9-5-4-6-10-14/h4-11,16,20H,3H2,1-2H3,(H,19,21)(H,22,23). The highest BCUT2D eigenvalue weighted by atomic mass is 16.4. The third-order valence-corrected chi connectivity index (χ3v) is 3.65. The van der Waals surface area contributed by atoms with Crippen molar-refractivity contribution < 1.29 is 14.7 Å². The van der Waals surface area contributed by atoms with Crippen LogP contribution in [0.3, 0.4) is 0 Å². The van der Waals surface area contributed by atoms with E-state index in [0.717, 1.165) is 23.2 Å². The van der Waals surface area contributed by atoms with Crippen LogP contribution in [0, 0.1) is 6.92 Å². The molecule has 120 valence electrons. The van der Waals surface area contributed by atoms with Crippen LogP contribution in [-0.4, -0.2) is 17.1 Å². The predicted molar refractivity (Wildman–Crippen MR) is 89.5 cm³/mol. The van der Waals surface area contributed by atoms with Crippen molar-refractivity contribution in [3.05, 3.63) is 65.2 Å². The van der Waals surface area contributed by atoms with Gasteiger partial charge in [0, 0.05) is 5.69 Å². The van der Waals surface area contributed by atoms with Gasteiger partial charge in [-0.1, -0.05) is 55.5 Å². The minimum absolute atomic E-state index is 0.400. The van der Waals surface area contributed by atoms with E-state index in [9.17, 15) is 9.59 Å². The van der Waals surface area contributed by atoms with Gasteiger partial charge in [-0.05, 0) is 30.0 Å². The molecule has 0 saturated carbocycles. The third-order valence-electron chi connectivity index (χ3n) is 3.65. The Morgan fingerprint density at radius 1 is 1.09 bits per heavy atom.